The minimum atomic E-state index is -0.887. The minimum absolute atomic E-state index is 0. The van der Waals surface area contributed by atoms with Crippen LogP contribution in [0.2, 0.25) is 0 Å². The number of nitrogens with zero attached hydrogens (tertiary/aromatic N) is 2. The van der Waals surface area contributed by atoms with Gasteiger partial charge in [-0.3, -0.25) is 14.5 Å². The molecule has 1 N–H and O–H groups in total. The average Bonchev–Trinajstić information content (AvgIpc) is 2.44. The van der Waals surface area contributed by atoms with Crippen molar-refractivity contribution >= 4 is 24.3 Å². The maximum atomic E-state index is 12.9. The first kappa shape index (κ1) is 20.3. The van der Waals surface area contributed by atoms with Crippen LogP contribution in [0.25, 0.3) is 0 Å². The van der Waals surface area contributed by atoms with Gasteiger partial charge in [-0.25, -0.2) is 4.39 Å². The number of halogens is 2. The predicted molar refractivity (Wildman–Crippen MR) is 84.6 cm³/mol. The van der Waals surface area contributed by atoms with Gasteiger partial charge in [0.05, 0.1) is 19.0 Å². The molecule has 0 radical (unpaired) electrons. The van der Waals surface area contributed by atoms with Crippen molar-refractivity contribution < 1.29 is 19.1 Å². The number of amides is 1. The van der Waals surface area contributed by atoms with Gasteiger partial charge in [-0.1, -0.05) is 12.1 Å². The van der Waals surface area contributed by atoms with E-state index >= 15 is 0 Å². The molecule has 0 bridgehead atoms. The number of rotatable bonds is 7. The lowest BCUT2D eigenvalue weighted by molar-refractivity contribution is -0.138. The molecule has 1 unspecified atom stereocenters. The summed E-state index contributed by atoms with van der Waals surface area (Å²) in [6.07, 6.45) is 0.00100. The molecule has 1 amide bonds. The lowest BCUT2D eigenvalue weighted by atomic mass is 10.1. The molecule has 0 heterocycles. The summed E-state index contributed by atoms with van der Waals surface area (Å²) in [6.45, 7) is 2.33. The molecule has 22 heavy (non-hydrogen) atoms. The van der Waals surface area contributed by atoms with Crippen LogP contribution >= 0.6 is 12.4 Å². The van der Waals surface area contributed by atoms with Crippen molar-refractivity contribution in [2.45, 2.75) is 19.4 Å². The monoisotopic (exact) mass is 332 g/mol. The van der Waals surface area contributed by atoms with Gasteiger partial charge in [0.1, 0.15) is 5.82 Å². The third-order valence-corrected chi connectivity index (χ3v) is 3.44. The molecule has 0 saturated heterocycles. The second-order valence-corrected chi connectivity index (χ2v) is 5.11. The summed E-state index contributed by atoms with van der Waals surface area (Å²) in [5, 5.41) is 8.61. The van der Waals surface area contributed by atoms with Crippen LogP contribution in [0.3, 0.4) is 0 Å². The fraction of sp³-hybridized carbons (Fsp3) is 0.467. The molecule has 0 saturated carbocycles. The van der Waals surface area contributed by atoms with Crippen LogP contribution in [0.1, 0.15) is 24.9 Å². The number of likely N-dealkylation sites (N-methyl/N-ethyl adjacent to an activating group) is 2. The third-order valence-electron chi connectivity index (χ3n) is 3.44. The van der Waals surface area contributed by atoms with Crippen molar-refractivity contribution in [3.8, 4) is 0 Å². The van der Waals surface area contributed by atoms with Crippen LogP contribution in [0.4, 0.5) is 4.39 Å². The molecule has 0 spiro atoms. The Labute approximate surface area is 136 Å². The molecule has 0 aromatic heterocycles. The molecule has 0 aliphatic rings. The van der Waals surface area contributed by atoms with E-state index in [9.17, 15) is 14.0 Å². The summed E-state index contributed by atoms with van der Waals surface area (Å²) < 4.78 is 12.9. The fourth-order valence-electron chi connectivity index (χ4n) is 1.89. The van der Waals surface area contributed by atoms with E-state index in [0.29, 0.717) is 6.54 Å². The second kappa shape index (κ2) is 9.38. The van der Waals surface area contributed by atoms with Gasteiger partial charge in [-0.05, 0) is 31.7 Å². The smallest absolute Gasteiger partial charge is 0.304 e. The number of aliphatic carboxylic acids is 1. The molecule has 1 aromatic rings. The van der Waals surface area contributed by atoms with Gasteiger partial charge in [0.25, 0.3) is 0 Å². The molecule has 1 rings (SSSR count). The molecule has 1 aromatic carbocycles. The summed E-state index contributed by atoms with van der Waals surface area (Å²) in [5.74, 6) is -1.31. The summed E-state index contributed by atoms with van der Waals surface area (Å²) in [6, 6.07) is 5.85. The molecule has 1 atom stereocenters. The van der Waals surface area contributed by atoms with Gasteiger partial charge in [-0.15, -0.1) is 12.4 Å². The maximum Gasteiger partial charge on any atom is 0.304 e. The van der Waals surface area contributed by atoms with Crippen LogP contribution in [0.15, 0.2) is 24.3 Å². The third kappa shape index (κ3) is 6.41. The van der Waals surface area contributed by atoms with Crippen molar-refractivity contribution in [2.24, 2.45) is 0 Å². The number of hydrogen-bond acceptors (Lipinski definition) is 3. The molecule has 124 valence electrons. The van der Waals surface area contributed by atoms with E-state index in [4.69, 9.17) is 5.11 Å². The number of carboxylic acid groups (broad SMARTS) is 1. The fourth-order valence-corrected chi connectivity index (χ4v) is 1.89. The largest absolute Gasteiger partial charge is 0.481 e. The lowest BCUT2D eigenvalue weighted by Crippen LogP contribution is -2.38. The Bertz CT molecular complexity index is 496. The van der Waals surface area contributed by atoms with Crippen LogP contribution < -0.4 is 0 Å². The summed E-state index contributed by atoms with van der Waals surface area (Å²) >= 11 is 0. The number of carbonyl (C=O) groups is 2. The molecule has 7 heteroatoms. The van der Waals surface area contributed by atoms with Crippen molar-refractivity contribution in [3.63, 3.8) is 0 Å². The van der Waals surface area contributed by atoms with Crippen molar-refractivity contribution in [3.05, 3.63) is 35.6 Å². The Balaban J connectivity index is 0.00000441. The van der Waals surface area contributed by atoms with Gasteiger partial charge in [0.2, 0.25) is 5.91 Å². The average molecular weight is 333 g/mol. The van der Waals surface area contributed by atoms with Gasteiger partial charge >= 0.3 is 5.97 Å². The van der Waals surface area contributed by atoms with Gasteiger partial charge in [-0.2, -0.15) is 0 Å². The molecule has 0 aliphatic carbocycles. The first-order chi connectivity index (χ1) is 9.81. The van der Waals surface area contributed by atoms with E-state index in [0.717, 1.165) is 5.56 Å². The first-order valence-corrected chi connectivity index (χ1v) is 6.72. The molecular weight excluding hydrogens is 311 g/mol. The Hall–Kier alpha value is -1.66. The Morgan fingerprint density at radius 3 is 2.27 bits per heavy atom. The zero-order chi connectivity index (χ0) is 16.0. The molecular formula is C15H22ClFN2O3. The Morgan fingerprint density at radius 1 is 1.23 bits per heavy atom. The van der Waals surface area contributed by atoms with E-state index in [1.807, 2.05) is 6.92 Å². The number of carboxylic acids is 1. The SMILES string of the molecule is CC(c1ccc(F)cc1)N(C)C(=O)CN(C)CCC(=O)O.Cl. The van der Waals surface area contributed by atoms with E-state index in [1.54, 1.807) is 36.0 Å². The normalized spacial score (nSPS) is 11.7. The van der Waals surface area contributed by atoms with Gasteiger partial charge < -0.3 is 10.0 Å². The van der Waals surface area contributed by atoms with Crippen LogP contribution in [-0.2, 0) is 9.59 Å². The Morgan fingerprint density at radius 2 is 1.77 bits per heavy atom. The lowest BCUT2D eigenvalue weighted by Gasteiger charge is -2.27. The second-order valence-electron chi connectivity index (χ2n) is 5.11. The Kier molecular flexibility index (Phi) is 8.67. The zero-order valence-corrected chi connectivity index (χ0v) is 13.8. The minimum Gasteiger partial charge on any atom is -0.481 e. The van der Waals surface area contributed by atoms with Gasteiger partial charge in [0, 0.05) is 13.6 Å². The molecule has 0 aliphatic heterocycles. The summed E-state index contributed by atoms with van der Waals surface area (Å²) in [5.41, 5.74) is 0.848. The van der Waals surface area contributed by atoms with E-state index in [-0.39, 0.29) is 43.1 Å². The van der Waals surface area contributed by atoms with E-state index < -0.39 is 5.97 Å². The van der Waals surface area contributed by atoms with Crippen LogP contribution in [0, 0.1) is 5.82 Å². The van der Waals surface area contributed by atoms with Crippen molar-refractivity contribution in [1.29, 1.82) is 0 Å². The number of benzene rings is 1. The van der Waals surface area contributed by atoms with Crippen molar-refractivity contribution in [2.75, 3.05) is 27.2 Å². The topological polar surface area (TPSA) is 60.9 Å². The molecule has 5 nitrogen and oxygen atoms in total. The van der Waals surface area contributed by atoms with Gasteiger partial charge in [0.15, 0.2) is 0 Å². The predicted octanol–water partition coefficient (Wildman–Crippen LogP) is 2.17. The highest BCUT2D eigenvalue weighted by atomic mass is 35.5. The number of carbonyl (C=O) groups excluding carboxylic acids is 1. The zero-order valence-electron chi connectivity index (χ0n) is 13.0. The highest BCUT2D eigenvalue weighted by Gasteiger charge is 2.18. The maximum absolute atomic E-state index is 12.9. The standard InChI is InChI=1S/C15H21FN2O3.ClH/c1-11(12-4-6-13(16)7-5-12)18(3)14(19)10-17(2)9-8-15(20)21;/h4-7,11H,8-10H2,1-3H3,(H,20,21);1H. The highest BCUT2D eigenvalue weighted by molar-refractivity contribution is 5.85. The quantitative estimate of drug-likeness (QED) is 0.831. The summed E-state index contributed by atoms with van der Waals surface area (Å²) in [7, 11) is 3.39. The van der Waals surface area contributed by atoms with Crippen molar-refractivity contribution in [1.82, 2.24) is 9.80 Å². The highest BCUT2D eigenvalue weighted by Crippen LogP contribution is 2.19. The summed E-state index contributed by atoms with van der Waals surface area (Å²) in [4.78, 5) is 25.9. The van der Waals surface area contributed by atoms with Crippen LogP contribution in [-0.4, -0.2) is 54.0 Å². The van der Waals surface area contributed by atoms with E-state index in [2.05, 4.69) is 0 Å². The van der Waals surface area contributed by atoms with Crippen LogP contribution in [0.5, 0.6) is 0 Å². The molecule has 0 fully saturated rings. The van der Waals surface area contributed by atoms with E-state index in [1.165, 1.54) is 12.1 Å². The number of hydrogen-bond donors (Lipinski definition) is 1. The first-order valence-electron chi connectivity index (χ1n) is 6.72.